The van der Waals surface area contributed by atoms with E-state index in [2.05, 4.69) is 10.4 Å². The van der Waals surface area contributed by atoms with Crippen molar-refractivity contribution in [2.24, 2.45) is 29.4 Å². The first-order valence-corrected chi connectivity index (χ1v) is 7.78. The van der Waals surface area contributed by atoms with E-state index in [1.165, 1.54) is 32.1 Å². The van der Waals surface area contributed by atoms with Crippen molar-refractivity contribution in [2.75, 3.05) is 5.32 Å². The molecule has 20 heavy (non-hydrogen) atoms. The lowest BCUT2D eigenvalue weighted by atomic mass is 9.79. The first-order chi connectivity index (χ1) is 9.70. The number of rotatable bonds is 4. The molecule has 1 amide bonds. The van der Waals surface area contributed by atoms with Crippen LogP contribution in [0.15, 0.2) is 12.4 Å². The number of fused-ring (bicyclic) bond motifs is 5. The van der Waals surface area contributed by atoms with E-state index < -0.39 is 0 Å². The van der Waals surface area contributed by atoms with Gasteiger partial charge in [-0.05, 0) is 49.4 Å². The van der Waals surface area contributed by atoms with Crippen molar-refractivity contribution in [3.8, 4) is 0 Å². The van der Waals surface area contributed by atoms with Crippen LogP contribution in [0, 0.1) is 23.7 Å². The molecule has 5 nitrogen and oxygen atoms in total. The molecule has 3 saturated carbocycles. The van der Waals surface area contributed by atoms with Crippen molar-refractivity contribution in [2.45, 2.75) is 44.7 Å². The molecule has 1 aromatic rings. The number of hydrogen-bond donors (Lipinski definition) is 2. The van der Waals surface area contributed by atoms with Crippen LogP contribution in [-0.2, 0) is 11.3 Å². The Morgan fingerprint density at radius 1 is 1.35 bits per heavy atom. The molecule has 4 rings (SSSR count). The third kappa shape index (κ3) is 1.91. The van der Waals surface area contributed by atoms with Gasteiger partial charge in [-0.25, -0.2) is 0 Å². The Labute approximate surface area is 118 Å². The van der Waals surface area contributed by atoms with Crippen molar-refractivity contribution in [3.05, 3.63) is 12.4 Å². The van der Waals surface area contributed by atoms with E-state index in [4.69, 9.17) is 5.73 Å². The number of nitrogens with zero attached hydrogens (tertiary/aromatic N) is 2. The summed E-state index contributed by atoms with van der Waals surface area (Å²) in [6, 6.07) is 0.602. The highest BCUT2D eigenvalue weighted by Crippen LogP contribution is 2.59. The number of nitrogens with one attached hydrogen (secondary N) is 1. The van der Waals surface area contributed by atoms with E-state index in [1.54, 1.807) is 10.9 Å². The molecular weight excluding hydrogens is 252 g/mol. The third-order valence-electron chi connectivity index (χ3n) is 5.73. The van der Waals surface area contributed by atoms with E-state index in [0.29, 0.717) is 6.04 Å². The fraction of sp³-hybridized carbons (Fsp3) is 0.733. The zero-order valence-corrected chi connectivity index (χ0v) is 11.7. The van der Waals surface area contributed by atoms with Gasteiger partial charge in [0.15, 0.2) is 0 Å². The Morgan fingerprint density at radius 2 is 2.20 bits per heavy atom. The van der Waals surface area contributed by atoms with Gasteiger partial charge in [0.1, 0.15) is 6.54 Å². The molecule has 0 aliphatic heterocycles. The fourth-order valence-electron chi connectivity index (χ4n) is 5.13. The lowest BCUT2D eigenvalue weighted by molar-refractivity contribution is -0.118. The van der Waals surface area contributed by atoms with Gasteiger partial charge in [0.25, 0.3) is 0 Å². The largest absolute Gasteiger partial charge is 0.379 e. The molecular formula is C15H22N4O. The normalized spacial score (nSPS) is 38.1. The molecule has 0 spiro atoms. The minimum atomic E-state index is -0.353. The van der Waals surface area contributed by atoms with E-state index in [1.807, 2.05) is 6.20 Å². The summed E-state index contributed by atoms with van der Waals surface area (Å²) in [7, 11) is 0. The standard InChI is InChI=1S/C15H22N4O/c16-15(20)8-19-7-10(6-17-19)18-14-5-9-4-13(14)12-3-1-2-11(9)12/h6-7,9,11-14,18H,1-5,8H2,(H2,16,20). The topological polar surface area (TPSA) is 72.9 Å². The second-order valence-electron chi connectivity index (χ2n) is 6.80. The molecule has 0 radical (unpaired) electrons. The van der Waals surface area contributed by atoms with Crippen LogP contribution in [0.2, 0.25) is 0 Å². The van der Waals surface area contributed by atoms with E-state index >= 15 is 0 Å². The molecule has 1 aromatic heterocycles. The molecule has 5 atom stereocenters. The highest BCUT2D eigenvalue weighted by molar-refractivity contribution is 5.73. The highest BCUT2D eigenvalue weighted by atomic mass is 16.1. The molecule has 3 aliphatic carbocycles. The van der Waals surface area contributed by atoms with Crippen LogP contribution >= 0.6 is 0 Å². The average molecular weight is 274 g/mol. The quantitative estimate of drug-likeness (QED) is 0.876. The number of amides is 1. The average Bonchev–Trinajstić information content (AvgIpc) is 3.09. The lowest BCUT2D eigenvalue weighted by Gasteiger charge is -2.32. The van der Waals surface area contributed by atoms with Gasteiger partial charge in [-0.1, -0.05) is 6.42 Å². The molecule has 2 bridgehead atoms. The lowest BCUT2D eigenvalue weighted by Crippen LogP contribution is -2.33. The number of anilines is 1. The van der Waals surface area contributed by atoms with Crippen LogP contribution in [-0.4, -0.2) is 21.7 Å². The highest BCUT2D eigenvalue weighted by Gasteiger charge is 2.53. The van der Waals surface area contributed by atoms with Crippen LogP contribution in [0.1, 0.15) is 32.1 Å². The Hall–Kier alpha value is -1.52. The third-order valence-corrected chi connectivity index (χ3v) is 5.73. The first kappa shape index (κ1) is 12.2. The molecule has 108 valence electrons. The summed E-state index contributed by atoms with van der Waals surface area (Å²) in [4.78, 5) is 10.9. The number of aromatic nitrogens is 2. The predicted octanol–water partition coefficient (Wildman–Crippen LogP) is 1.60. The Morgan fingerprint density at radius 3 is 3.05 bits per heavy atom. The number of nitrogens with two attached hydrogens (primary N) is 1. The summed E-state index contributed by atoms with van der Waals surface area (Å²) in [6.07, 6.45) is 10.8. The van der Waals surface area contributed by atoms with Gasteiger partial charge in [0.2, 0.25) is 5.91 Å². The van der Waals surface area contributed by atoms with Crippen molar-refractivity contribution in [1.29, 1.82) is 0 Å². The van der Waals surface area contributed by atoms with Crippen LogP contribution in [0.3, 0.4) is 0 Å². The predicted molar refractivity (Wildman–Crippen MR) is 75.9 cm³/mol. The van der Waals surface area contributed by atoms with Gasteiger partial charge in [-0.3, -0.25) is 9.48 Å². The zero-order chi connectivity index (χ0) is 13.7. The monoisotopic (exact) mass is 274 g/mol. The van der Waals surface area contributed by atoms with Crippen LogP contribution in [0.5, 0.6) is 0 Å². The first-order valence-electron chi connectivity index (χ1n) is 7.78. The van der Waals surface area contributed by atoms with Gasteiger partial charge in [-0.15, -0.1) is 0 Å². The molecule has 1 heterocycles. The molecule has 0 aromatic carbocycles. The van der Waals surface area contributed by atoms with E-state index in [0.717, 1.165) is 29.4 Å². The van der Waals surface area contributed by atoms with Crippen LogP contribution < -0.4 is 11.1 Å². The maximum Gasteiger partial charge on any atom is 0.239 e. The van der Waals surface area contributed by atoms with Gasteiger partial charge in [-0.2, -0.15) is 5.10 Å². The van der Waals surface area contributed by atoms with Gasteiger partial charge in [0.05, 0.1) is 11.9 Å². The summed E-state index contributed by atoms with van der Waals surface area (Å²) in [5.74, 6) is 3.44. The van der Waals surface area contributed by atoms with Crippen molar-refractivity contribution >= 4 is 11.6 Å². The zero-order valence-electron chi connectivity index (χ0n) is 11.7. The molecule has 3 fully saturated rings. The van der Waals surface area contributed by atoms with Crippen LogP contribution in [0.25, 0.3) is 0 Å². The number of carbonyl (C=O) groups excluding carboxylic acids is 1. The van der Waals surface area contributed by atoms with Gasteiger partial charge in [0, 0.05) is 12.2 Å². The summed E-state index contributed by atoms with van der Waals surface area (Å²) in [5, 5.41) is 7.82. The minimum absolute atomic E-state index is 0.156. The summed E-state index contributed by atoms with van der Waals surface area (Å²) >= 11 is 0. The number of primary amides is 1. The Kier molecular flexibility index (Phi) is 2.75. The minimum Gasteiger partial charge on any atom is -0.379 e. The number of carbonyl (C=O) groups is 1. The summed E-state index contributed by atoms with van der Waals surface area (Å²) in [6.45, 7) is 0.156. The van der Waals surface area contributed by atoms with Gasteiger partial charge < -0.3 is 11.1 Å². The Balaban J connectivity index is 1.43. The maximum absolute atomic E-state index is 10.9. The molecule has 5 unspecified atom stereocenters. The maximum atomic E-state index is 10.9. The second kappa shape index (κ2) is 4.50. The van der Waals surface area contributed by atoms with Crippen LogP contribution in [0.4, 0.5) is 5.69 Å². The van der Waals surface area contributed by atoms with E-state index in [9.17, 15) is 4.79 Å². The number of hydrogen-bond acceptors (Lipinski definition) is 3. The van der Waals surface area contributed by atoms with E-state index in [-0.39, 0.29) is 12.5 Å². The SMILES string of the molecule is NC(=O)Cn1cc(NC2CC3CC2C2CCCC32)cn1. The fourth-order valence-corrected chi connectivity index (χ4v) is 5.13. The van der Waals surface area contributed by atoms with Crippen molar-refractivity contribution in [3.63, 3.8) is 0 Å². The second-order valence-corrected chi connectivity index (χ2v) is 6.80. The smallest absolute Gasteiger partial charge is 0.239 e. The summed E-state index contributed by atoms with van der Waals surface area (Å²) in [5.41, 5.74) is 6.21. The molecule has 3 aliphatic rings. The van der Waals surface area contributed by atoms with Crippen molar-refractivity contribution in [1.82, 2.24) is 9.78 Å². The molecule has 0 saturated heterocycles. The summed E-state index contributed by atoms with van der Waals surface area (Å²) < 4.78 is 1.61. The van der Waals surface area contributed by atoms with Gasteiger partial charge >= 0.3 is 0 Å². The Bertz CT molecular complexity index is 526. The molecule has 3 N–H and O–H groups in total. The van der Waals surface area contributed by atoms with Crippen molar-refractivity contribution < 1.29 is 4.79 Å². The molecule has 5 heteroatoms.